The van der Waals surface area contributed by atoms with Gasteiger partial charge in [-0.2, -0.15) is 0 Å². The quantitative estimate of drug-likeness (QED) is 0.792. The van der Waals surface area contributed by atoms with E-state index < -0.39 is 16.0 Å². The standard InChI is InChI=1S/C11H16N2O4S/c1-4-7-5-8-9(18(15,16)12-7)6-13(2)10(8)11(14)17-3/h6-7,12H,4-5H2,1-3H3. The summed E-state index contributed by atoms with van der Waals surface area (Å²) in [5, 5.41) is 0. The predicted octanol–water partition coefficient (Wildman–Crippen LogP) is 0.425. The molecule has 2 heterocycles. The highest BCUT2D eigenvalue weighted by molar-refractivity contribution is 7.89. The van der Waals surface area contributed by atoms with E-state index in [0.29, 0.717) is 24.1 Å². The van der Waals surface area contributed by atoms with Crippen LogP contribution in [0.2, 0.25) is 0 Å². The van der Waals surface area contributed by atoms with E-state index in [-0.39, 0.29) is 10.9 Å². The molecule has 2 rings (SSSR count). The van der Waals surface area contributed by atoms with Gasteiger partial charge in [0.05, 0.1) is 7.11 Å². The molecule has 6 nitrogen and oxygen atoms in total. The van der Waals surface area contributed by atoms with Crippen LogP contribution in [0.3, 0.4) is 0 Å². The molecule has 1 aliphatic rings. The van der Waals surface area contributed by atoms with E-state index in [9.17, 15) is 13.2 Å². The predicted molar refractivity (Wildman–Crippen MR) is 64.9 cm³/mol. The molecule has 0 aromatic carbocycles. The Morgan fingerprint density at radius 2 is 2.28 bits per heavy atom. The average Bonchev–Trinajstić information content (AvgIpc) is 2.65. The summed E-state index contributed by atoms with van der Waals surface area (Å²) in [6.07, 6.45) is 2.64. The fourth-order valence-electron chi connectivity index (χ4n) is 2.24. The van der Waals surface area contributed by atoms with Crippen LogP contribution < -0.4 is 4.72 Å². The third-order valence-corrected chi connectivity index (χ3v) is 4.75. The molecule has 100 valence electrons. The van der Waals surface area contributed by atoms with E-state index in [1.165, 1.54) is 17.9 Å². The number of ether oxygens (including phenoxy) is 1. The first-order valence-corrected chi connectivity index (χ1v) is 7.17. The summed E-state index contributed by atoms with van der Waals surface area (Å²) < 4.78 is 32.9. The van der Waals surface area contributed by atoms with E-state index in [4.69, 9.17) is 4.74 Å². The molecule has 0 radical (unpaired) electrons. The maximum Gasteiger partial charge on any atom is 0.354 e. The summed E-state index contributed by atoms with van der Waals surface area (Å²) in [4.78, 5) is 11.9. The summed E-state index contributed by atoms with van der Waals surface area (Å²) in [5.74, 6) is -0.509. The number of carbonyl (C=O) groups is 1. The number of hydrogen-bond acceptors (Lipinski definition) is 4. The SMILES string of the molecule is CCC1Cc2c(cn(C)c2C(=O)OC)S(=O)(=O)N1. The maximum atomic E-state index is 12.0. The van der Waals surface area contributed by atoms with Crippen molar-refractivity contribution in [2.24, 2.45) is 7.05 Å². The van der Waals surface area contributed by atoms with Gasteiger partial charge in [0.2, 0.25) is 10.0 Å². The lowest BCUT2D eigenvalue weighted by Gasteiger charge is -2.23. The number of sulfonamides is 1. The lowest BCUT2D eigenvalue weighted by molar-refractivity contribution is 0.0588. The second-order valence-corrected chi connectivity index (χ2v) is 6.04. The second kappa shape index (κ2) is 4.40. The van der Waals surface area contributed by atoms with Gasteiger partial charge < -0.3 is 9.30 Å². The van der Waals surface area contributed by atoms with E-state index in [1.807, 2.05) is 6.92 Å². The summed E-state index contributed by atoms with van der Waals surface area (Å²) in [5.41, 5.74) is 0.867. The van der Waals surface area contributed by atoms with Crippen molar-refractivity contribution in [1.82, 2.24) is 9.29 Å². The van der Waals surface area contributed by atoms with Crippen LogP contribution in [0.5, 0.6) is 0 Å². The maximum absolute atomic E-state index is 12.0. The summed E-state index contributed by atoms with van der Waals surface area (Å²) in [6, 6.07) is -0.173. The number of nitrogens with zero attached hydrogens (tertiary/aromatic N) is 1. The molecule has 0 amide bonds. The molecule has 18 heavy (non-hydrogen) atoms. The van der Waals surface area contributed by atoms with Gasteiger partial charge in [-0.1, -0.05) is 6.92 Å². The largest absolute Gasteiger partial charge is 0.464 e. The first kappa shape index (κ1) is 13.1. The Morgan fingerprint density at radius 3 is 2.83 bits per heavy atom. The molecule has 1 N–H and O–H groups in total. The highest BCUT2D eigenvalue weighted by atomic mass is 32.2. The smallest absolute Gasteiger partial charge is 0.354 e. The average molecular weight is 272 g/mol. The molecule has 1 atom stereocenters. The van der Waals surface area contributed by atoms with E-state index in [1.54, 1.807) is 7.05 Å². The van der Waals surface area contributed by atoms with Crippen LogP contribution in [-0.4, -0.2) is 32.1 Å². The van der Waals surface area contributed by atoms with Crippen LogP contribution >= 0.6 is 0 Å². The molecule has 7 heteroatoms. The minimum Gasteiger partial charge on any atom is -0.464 e. The Hall–Kier alpha value is -1.34. The molecule has 1 aliphatic heterocycles. The zero-order valence-electron chi connectivity index (χ0n) is 10.6. The molecule has 0 bridgehead atoms. The summed E-state index contributed by atoms with van der Waals surface area (Å²) in [6.45, 7) is 1.90. The Bertz CT molecular complexity index is 588. The second-order valence-electron chi connectivity index (χ2n) is 4.35. The normalized spacial score (nSPS) is 21.4. The number of fused-ring (bicyclic) bond motifs is 1. The van der Waals surface area contributed by atoms with Crippen LogP contribution in [0.25, 0.3) is 0 Å². The van der Waals surface area contributed by atoms with Crippen molar-refractivity contribution >= 4 is 16.0 Å². The molecule has 1 unspecified atom stereocenters. The van der Waals surface area contributed by atoms with Crippen LogP contribution in [0, 0.1) is 0 Å². The van der Waals surface area contributed by atoms with Crippen LogP contribution in [-0.2, 0) is 28.2 Å². The molecule has 0 fully saturated rings. The first-order valence-electron chi connectivity index (χ1n) is 5.69. The Balaban J connectivity index is 2.63. The summed E-state index contributed by atoms with van der Waals surface area (Å²) in [7, 11) is -0.599. The lowest BCUT2D eigenvalue weighted by Crippen LogP contribution is -2.40. The van der Waals surface area contributed by atoms with Gasteiger partial charge in [-0.05, 0) is 12.8 Å². The molecular formula is C11H16N2O4S. The van der Waals surface area contributed by atoms with Gasteiger partial charge >= 0.3 is 5.97 Å². The van der Waals surface area contributed by atoms with Crippen molar-refractivity contribution in [2.45, 2.75) is 30.7 Å². The number of aryl methyl sites for hydroxylation is 1. The van der Waals surface area contributed by atoms with Crippen LogP contribution in [0.1, 0.15) is 29.4 Å². The van der Waals surface area contributed by atoms with Gasteiger partial charge in [0.25, 0.3) is 0 Å². The molecule has 0 aliphatic carbocycles. The highest BCUT2D eigenvalue weighted by Crippen LogP contribution is 2.28. The van der Waals surface area contributed by atoms with Gasteiger partial charge in [0.1, 0.15) is 10.6 Å². The first-order chi connectivity index (χ1) is 8.40. The minimum atomic E-state index is -3.53. The number of methoxy groups -OCH3 is 1. The molecule has 0 saturated heterocycles. The molecule has 0 spiro atoms. The van der Waals surface area contributed by atoms with Crippen molar-refractivity contribution in [2.75, 3.05) is 7.11 Å². The Kier molecular flexibility index (Phi) is 3.20. The molecule has 1 aromatic heterocycles. The van der Waals surface area contributed by atoms with Crippen molar-refractivity contribution in [3.8, 4) is 0 Å². The fourth-order valence-corrected chi connectivity index (χ4v) is 3.86. The van der Waals surface area contributed by atoms with E-state index in [0.717, 1.165) is 0 Å². The van der Waals surface area contributed by atoms with Gasteiger partial charge in [0.15, 0.2) is 0 Å². The number of esters is 1. The van der Waals surface area contributed by atoms with Gasteiger partial charge in [-0.15, -0.1) is 0 Å². The lowest BCUT2D eigenvalue weighted by atomic mass is 10.0. The van der Waals surface area contributed by atoms with Crippen LogP contribution in [0.4, 0.5) is 0 Å². The molecule has 0 saturated carbocycles. The van der Waals surface area contributed by atoms with E-state index in [2.05, 4.69) is 4.72 Å². The third kappa shape index (κ3) is 1.93. The van der Waals surface area contributed by atoms with Crippen molar-refractivity contribution < 1.29 is 17.9 Å². The monoisotopic (exact) mass is 272 g/mol. The van der Waals surface area contributed by atoms with E-state index >= 15 is 0 Å². The zero-order chi connectivity index (χ0) is 13.5. The Morgan fingerprint density at radius 1 is 1.61 bits per heavy atom. The number of carbonyl (C=O) groups excluding carboxylic acids is 1. The van der Waals surface area contributed by atoms with Crippen LogP contribution in [0.15, 0.2) is 11.1 Å². The Labute approximate surface area is 106 Å². The number of rotatable bonds is 2. The zero-order valence-corrected chi connectivity index (χ0v) is 11.4. The van der Waals surface area contributed by atoms with Gasteiger partial charge in [0, 0.05) is 24.8 Å². The van der Waals surface area contributed by atoms with Crippen molar-refractivity contribution in [3.63, 3.8) is 0 Å². The molecular weight excluding hydrogens is 256 g/mol. The third-order valence-electron chi connectivity index (χ3n) is 3.18. The highest BCUT2D eigenvalue weighted by Gasteiger charge is 2.34. The van der Waals surface area contributed by atoms with Crippen molar-refractivity contribution in [1.29, 1.82) is 0 Å². The van der Waals surface area contributed by atoms with Gasteiger partial charge in [-0.3, -0.25) is 0 Å². The number of aromatic nitrogens is 1. The summed E-state index contributed by atoms with van der Waals surface area (Å²) >= 11 is 0. The fraction of sp³-hybridized carbons (Fsp3) is 0.545. The molecule has 1 aromatic rings. The number of nitrogens with one attached hydrogen (secondary N) is 1. The van der Waals surface area contributed by atoms with Crippen molar-refractivity contribution in [3.05, 3.63) is 17.5 Å². The number of hydrogen-bond donors (Lipinski definition) is 1. The minimum absolute atomic E-state index is 0.173. The van der Waals surface area contributed by atoms with Gasteiger partial charge in [-0.25, -0.2) is 17.9 Å². The topological polar surface area (TPSA) is 77.4 Å².